The van der Waals surface area contributed by atoms with E-state index < -0.39 is 0 Å². The fraction of sp³-hybridized carbons (Fsp3) is 0.800. The molecule has 14 heavy (non-hydrogen) atoms. The summed E-state index contributed by atoms with van der Waals surface area (Å²) in [5, 5.41) is 7.20. The van der Waals surface area contributed by atoms with Gasteiger partial charge in [-0.2, -0.15) is 4.98 Å². The van der Waals surface area contributed by atoms with Crippen molar-refractivity contribution in [2.45, 2.75) is 52.6 Å². The van der Waals surface area contributed by atoms with Crippen molar-refractivity contribution in [1.82, 2.24) is 15.5 Å². The van der Waals surface area contributed by atoms with Gasteiger partial charge in [-0.05, 0) is 34.6 Å². The van der Waals surface area contributed by atoms with Crippen LogP contribution in [-0.4, -0.2) is 21.7 Å². The molecule has 0 aliphatic heterocycles. The molecular formula is C10H19N3O. The van der Waals surface area contributed by atoms with Crippen molar-refractivity contribution in [3.8, 4) is 0 Å². The quantitative estimate of drug-likeness (QED) is 0.801. The van der Waals surface area contributed by atoms with E-state index in [0.29, 0.717) is 17.8 Å². The summed E-state index contributed by atoms with van der Waals surface area (Å²) >= 11 is 0. The number of aryl methyl sites for hydroxylation is 1. The molecule has 4 nitrogen and oxygen atoms in total. The van der Waals surface area contributed by atoms with Crippen LogP contribution >= 0.6 is 0 Å². The van der Waals surface area contributed by atoms with Crippen LogP contribution < -0.4 is 5.32 Å². The van der Waals surface area contributed by atoms with Crippen LogP contribution in [0, 0.1) is 6.92 Å². The van der Waals surface area contributed by atoms with Crippen molar-refractivity contribution in [2.24, 2.45) is 0 Å². The minimum atomic E-state index is 0.120. The molecule has 0 unspecified atom stereocenters. The topological polar surface area (TPSA) is 51.0 Å². The van der Waals surface area contributed by atoms with Crippen molar-refractivity contribution in [3.05, 3.63) is 11.7 Å². The molecule has 0 bridgehead atoms. The monoisotopic (exact) mass is 197 g/mol. The third-order valence-electron chi connectivity index (χ3n) is 1.73. The van der Waals surface area contributed by atoms with Crippen molar-refractivity contribution in [3.63, 3.8) is 0 Å². The van der Waals surface area contributed by atoms with Gasteiger partial charge in [-0.25, -0.2) is 0 Å². The van der Waals surface area contributed by atoms with E-state index in [0.717, 1.165) is 6.42 Å². The van der Waals surface area contributed by atoms with E-state index in [2.05, 4.69) is 43.2 Å². The van der Waals surface area contributed by atoms with E-state index in [4.69, 9.17) is 4.52 Å². The zero-order valence-electron chi connectivity index (χ0n) is 9.59. The van der Waals surface area contributed by atoms with E-state index >= 15 is 0 Å². The molecule has 0 fully saturated rings. The predicted octanol–water partition coefficient (Wildman–Crippen LogP) is 1.70. The summed E-state index contributed by atoms with van der Waals surface area (Å²) in [6.07, 6.45) is 0.776. The third-order valence-corrected chi connectivity index (χ3v) is 1.73. The molecule has 0 aliphatic rings. The summed E-state index contributed by atoms with van der Waals surface area (Å²) in [4.78, 5) is 4.16. The molecule has 0 spiro atoms. The van der Waals surface area contributed by atoms with Gasteiger partial charge in [0.05, 0.1) is 0 Å². The smallest absolute Gasteiger partial charge is 0.228 e. The van der Waals surface area contributed by atoms with Crippen LogP contribution in [0.15, 0.2) is 4.52 Å². The summed E-state index contributed by atoms with van der Waals surface area (Å²) < 4.78 is 5.05. The van der Waals surface area contributed by atoms with Gasteiger partial charge in [-0.1, -0.05) is 5.16 Å². The van der Waals surface area contributed by atoms with Gasteiger partial charge in [0.15, 0.2) is 5.82 Å². The molecule has 0 radical (unpaired) electrons. The zero-order chi connectivity index (χ0) is 10.8. The van der Waals surface area contributed by atoms with Crippen LogP contribution in [0.3, 0.4) is 0 Å². The molecule has 1 aromatic heterocycles. The molecule has 0 amide bonds. The minimum Gasteiger partial charge on any atom is -0.339 e. The second kappa shape index (κ2) is 4.09. The normalized spacial score (nSPS) is 14.4. The number of hydrogen-bond acceptors (Lipinski definition) is 4. The highest BCUT2D eigenvalue weighted by atomic mass is 16.5. The predicted molar refractivity (Wildman–Crippen MR) is 55.1 cm³/mol. The fourth-order valence-electron chi connectivity index (χ4n) is 1.48. The average molecular weight is 197 g/mol. The number of nitrogens with zero attached hydrogens (tertiary/aromatic N) is 2. The number of nitrogens with one attached hydrogen (secondary N) is 1. The SMILES string of the molecule is Cc1noc(C[C@H](C)NC(C)(C)C)n1. The van der Waals surface area contributed by atoms with Crippen molar-refractivity contribution >= 4 is 0 Å². The molecule has 1 aromatic rings. The largest absolute Gasteiger partial charge is 0.339 e. The summed E-state index contributed by atoms with van der Waals surface area (Å²) in [7, 11) is 0. The Morgan fingerprint density at radius 2 is 2.07 bits per heavy atom. The fourth-order valence-corrected chi connectivity index (χ4v) is 1.48. The summed E-state index contributed by atoms with van der Waals surface area (Å²) in [6.45, 7) is 10.4. The van der Waals surface area contributed by atoms with Crippen molar-refractivity contribution in [1.29, 1.82) is 0 Å². The molecule has 0 saturated heterocycles. The van der Waals surface area contributed by atoms with E-state index in [1.807, 2.05) is 6.92 Å². The van der Waals surface area contributed by atoms with E-state index in [1.54, 1.807) is 0 Å². The zero-order valence-corrected chi connectivity index (χ0v) is 9.59. The van der Waals surface area contributed by atoms with Gasteiger partial charge in [0, 0.05) is 18.0 Å². The lowest BCUT2D eigenvalue weighted by molar-refractivity contribution is 0.326. The van der Waals surface area contributed by atoms with Gasteiger partial charge >= 0.3 is 0 Å². The van der Waals surface area contributed by atoms with Crippen LogP contribution in [0.5, 0.6) is 0 Å². The molecule has 1 heterocycles. The first-order valence-corrected chi connectivity index (χ1v) is 4.94. The third kappa shape index (κ3) is 3.87. The Kier molecular flexibility index (Phi) is 3.26. The Morgan fingerprint density at radius 3 is 2.50 bits per heavy atom. The standard InChI is InChI=1S/C10H19N3O/c1-7(12-10(3,4)5)6-9-11-8(2)13-14-9/h7,12H,6H2,1-5H3/t7-/m0/s1. The maximum absolute atomic E-state index is 5.05. The second-order valence-electron chi connectivity index (χ2n) is 4.73. The van der Waals surface area contributed by atoms with E-state index in [1.165, 1.54) is 0 Å². The average Bonchev–Trinajstić information content (AvgIpc) is 2.30. The maximum atomic E-state index is 5.05. The van der Waals surface area contributed by atoms with Crippen LogP contribution in [0.1, 0.15) is 39.4 Å². The van der Waals surface area contributed by atoms with Crippen LogP contribution in [-0.2, 0) is 6.42 Å². The Bertz CT molecular complexity index is 288. The Hall–Kier alpha value is -0.900. The lowest BCUT2D eigenvalue weighted by Crippen LogP contribution is -2.43. The molecule has 4 heteroatoms. The van der Waals surface area contributed by atoms with Gasteiger partial charge in [-0.15, -0.1) is 0 Å². The van der Waals surface area contributed by atoms with Gasteiger partial charge in [-0.3, -0.25) is 0 Å². The molecule has 80 valence electrons. The molecule has 0 saturated carbocycles. The van der Waals surface area contributed by atoms with Gasteiger partial charge in [0.25, 0.3) is 0 Å². The molecule has 1 atom stereocenters. The highest BCUT2D eigenvalue weighted by Crippen LogP contribution is 2.05. The van der Waals surface area contributed by atoms with E-state index in [-0.39, 0.29) is 5.54 Å². The van der Waals surface area contributed by atoms with E-state index in [9.17, 15) is 0 Å². The van der Waals surface area contributed by atoms with Crippen LogP contribution in [0.25, 0.3) is 0 Å². The highest BCUT2D eigenvalue weighted by Gasteiger charge is 2.15. The summed E-state index contributed by atoms with van der Waals surface area (Å²) in [6, 6.07) is 0.342. The Labute approximate surface area is 85.1 Å². The molecule has 1 rings (SSSR count). The molecule has 0 aliphatic carbocycles. The second-order valence-corrected chi connectivity index (χ2v) is 4.73. The number of hydrogen-bond donors (Lipinski definition) is 1. The highest BCUT2D eigenvalue weighted by molar-refractivity contribution is 4.87. The lowest BCUT2D eigenvalue weighted by atomic mass is 10.1. The van der Waals surface area contributed by atoms with Gasteiger partial charge in [0.2, 0.25) is 5.89 Å². The van der Waals surface area contributed by atoms with Gasteiger partial charge < -0.3 is 9.84 Å². The molecule has 1 N–H and O–H groups in total. The van der Waals surface area contributed by atoms with Crippen LogP contribution in [0.2, 0.25) is 0 Å². The van der Waals surface area contributed by atoms with Crippen molar-refractivity contribution in [2.75, 3.05) is 0 Å². The maximum Gasteiger partial charge on any atom is 0.228 e. The van der Waals surface area contributed by atoms with Gasteiger partial charge in [0.1, 0.15) is 0 Å². The molecular weight excluding hydrogens is 178 g/mol. The van der Waals surface area contributed by atoms with Crippen LogP contribution in [0.4, 0.5) is 0 Å². The number of rotatable bonds is 3. The Morgan fingerprint density at radius 1 is 1.43 bits per heavy atom. The number of aromatic nitrogens is 2. The van der Waals surface area contributed by atoms with Crippen molar-refractivity contribution < 1.29 is 4.52 Å². The minimum absolute atomic E-state index is 0.120. The Balaban J connectivity index is 2.45. The first-order chi connectivity index (χ1) is 6.37. The molecule has 0 aromatic carbocycles. The summed E-state index contributed by atoms with van der Waals surface area (Å²) in [5.41, 5.74) is 0.120. The lowest BCUT2D eigenvalue weighted by Gasteiger charge is -2.25. The first kappa shape index (κ1) is 11.2. The first-order valence-electron chi connectivity index (χ1n) is 4.94. The summed E-state index contributed by atoms with van der Waals surface area (Å²) in [5.74, 6) is 1.40.